The van der Waals surface area contributed by atoms with Crippen molar-refractivity contribution in [1.29, 1.82) is 0 Å². The van der Waals surface area contributed by atoms with Gasteiger partial charge in [-0.15, -0.1) is 0 Å². The molecule has 7 nitrogen and oxygen atoms in total. The van der Waals surface area contributed by atoms with Crippen LogP contribution in [0.1, 0.15) is 46.4 Å². The van der Waals surface area contributed by atoms with Crippen molar-refractivity contribution in [2.45, 2.75) is 32.5 Å². The summed E-state index contributed by atoms with van der Waals surface area (Å²) in [4.78, 5) is 32.0. The van der Waals surface area contributed by atoms with E-state index in [1.54, 1.807) is 24.4 Å². The van der Waals surface area contributed by atoms with Gasteiger partial charge in [0, 0.05) is 31.0 Å². The molecule has 0 fully saturated rings. The largest absolute Gasteiger partial charge is 0.493 e. The molecular weight excluding hydrogens is 418 g/mol. The molecule has 0 aliphatic carbocycles. The van der Waals surface area contributed by atoms with E-state index in [9.17, 15) is 9.59 Å². The Morgan fingerprint density at radius 2 is 2.00 bits per heavy atom. The molecule has 4 rings (SSSR count). The second-order valence-corrected chi connectivity index (χ2v) is 7.79. The number of carbonyl (C=O) groups is 2. The molecular formula is C26H27N3O4. The standard InChI is InChI=1S/C26H27N3O4/c1-3-33-23-11-10-19(13-24(23)32-2)22(14-25(30)28-16-18-7-6-12-27-15-18)29-17-20-8-4-5-9-21(20)26(29)31/h4-13,15,22H,3,14,16-17H2,1-2H3,(H,28,30)/t22-/m1/s1. The molecule has 2 amide bonds. The fourth-order valence-electron chi connectivity index (χ4n) is 4.05. The van der Waals surface area contributed by atoms with Crippen LogP contribution in [0, 0.1) is 0 Å². The molecule has 0 radical (unpaired) electrons. The van der Waals surface area contributed by atoms with E-state index in [0.29, 0.717) is 36.8 Å². The summed E-state index contributed by atoms with van der Waals surface area (Å²) in [6, 6.07) is 16.4. The Bertz CT molecular complexity index is 1130. The highest BCUT2D eigenvalue weighted by molar-refractivity contribution is 5.98. The van der Waals surface area contributed by atoms with Crippen LogP contribution in [0.2, 0.25) is 0 Å². The molecule has 0 saturated carbocycles. The van der Waals surface area contributed by atoms with E-state index in [4.69, 9.17) is 9.47 Å². The van der Waals surface area contributed by atoms with Crippen LogP contribution in [0.4, 0.5) is 0 Å². The third kappa shape index (κ3) is 4.98. The van der Waals surface area contributed by atoms with Crippen molar-refractivity contribution in [3.05, 3.63) is 89.2 Å². The maximum absolute atomic E-state index is 13.2. The monoisotopic (exact) mass is 445 g/mol. The number of rotatable bonds is 9. The zero-order valence-corrected chi connectivity index (χ0v) is 18.8. The predicted molar refractivity (Wildman–Crippen MR) is 124 cm³/mol. The summed E-state index contributed by atoms with van der Waals surface area (Å²) in [6.45, 7) is 3.24. The molecule has 1 N–H and O–H groups in total. The first-order valence-corrected chi connectivity index (χ1v) is 11.0. The molecule has 2 aromatic carbocycles. The second kappa shape index (κ2) is 10.2. The van der Waals surface area contributed by atoms with Gasteiger partial charge in [0.25, 0.3) is 5.91 Å². The van der Waals surface area contributed by atoms with Gasteiger partial charge >= 0.3 is 0 Å². The fraction of sp³-hybridized carbons (Fsp3) is 0.269. The van der Waals surface area contributed by atoms with Gasteiger partial charge < -0.3 is 19.7 Å². The van der Waals surface area contributed by atoms with Crippen molar-refractivity contribution in [2.75, 3.05) is 13.7 Å². The Morgan fingerprint density at radius 3 is 2.73 bits per heavy atom. The molecule has 1 aromatic heterocycles. The summed E-state index contributed by atoms with van der Waals surface area (Å²) in [7, 11) is 1.58. The van der Waals surface area contributed by atoms with Crippen LogP contribution >= 0.6 is 0 Å². The molecule has 7 heteroatoms. The SMILES string of the molecule is CCOc1ccc([C@@H](CC(=O)NCc2cccnc2)N2Cc3ccccc3C2=O)cc1OC. The molecule has 2 heterocycles. The minimum absolute atomic E-state index is 0.0801. The number of benzene rings is 2. The van der Waals surface area contributed by atoms with Crippen molar-refractivity contribution in [2.24, 2.45) is 0 Å². The number of pyridine rings is 1. The van der Waals surface area contributed by atoms with Gasteiger partial charge in [0.15, 0.2) is 11.5 Å². The molecule has 1 aliphatic rings. The van der Waals surface area contributed by atoms with Crippen molar-refractivity contribution in [1.82, 2.24) is 15.2 Å². The normalized spacial score (nSPS) is 13.4. The number of hydrogen-bond acceptors (Lipinski definition) is 5. The number of aromatic nitrogens is 1. The van der Waals surface area contributed by atoms with Gasteiger partial charge in [-0.2, -0.15) is 0 Å². The van der Waals surface area contributed by atoms with Crippen molar-refractivity contribution < 1.29 is 19.1 Å². The minimum Gasteiger partial charge on any atom is -0.493 e. The lowest BCUT2D eigenvalue weighted by Crippen LogP contribution is -2.34. The van der Waals surface area contributed by atoms with Gasteiger partial charge in [0.05, 0.1) is 26.2 Å². The van der Waals surface area contributed by atoms with E-state index < -0.39 is 6.04 Å². The van der Waals surface area contributed by atoms with Crippen LogP contribution < -0.4 is 14.8 Å². The average molecular weight is 446 g/mol. The third-order valence-corrected chi connectivity index (χ3v) is 5.69. The lowest BCUT2D eigenvalue weighted by molar-refractivity contribution is -0.122. The van der Waals surface area contributed by atoms with Crippen molar-refractivity contribution >= 4 is 11.8 Å². The van der Waals surface area contributed by atoms with Crippen LogP contribution in [0.3, 0.4) is 0 Å². The summed E-state index contributed by atoms with van der Waals surface area (Å²) in [6.07, 6.45) is 3.53. The van der Waals surface area contributed by atoms with Gasteiger partial charge in [-0.3, -0.25) is 14.6 Å². The van der Waals surface area contributed by atoms with E-state index in [1.807, 2.05) is 61.5 Å². The van der Waals surface area contributed by atoms with E-state index in [1.165, 1.54) is 0 Å². The molecule has 3 aromatic rings. The maximum atomic E-state index is 13.2. The maximum Gasteiger partial charge on any atom is 0.255 e. The Balaban J connectivity index is 1.60. The van der Waals surface area contributed by atoms with Crippen molar-refractivity contribution in [3.8, 4) is 11.5 Å². The Hall–Kier alpha value is -3.87. The van der Waals surface area contributed by atoms with Crippen LogP contribution in [-0.2, 0) is 17.9 Å². The summed E-state index contributed by atoms with van der Waals surface area (Å²) in [5.74, 6) is 0.961. The molecule has 0 unspecified atom stereocenters. The number of hydrogen-bond donors (Lipinski definition) is 1. The van der Waals surface area contributed by atoms with E-state index in [2.05, 4.69) is 10.3 Å². The molecule has 33 heavy (non-hydrogen) atoms. The van der Waals surface area contributed by atoms with Gasteiger partial charge in [-0.1, -0.05) is 30.3 Å². The number of methoxy groups -OCH3 is 1. The zero-order chi connectivity index (χ0) is 23.2. The molecule has 1 atom stereocenters. The summed E-state index contributed by atoms with van der Waals surface area (Å²) in [5.41, 5.74) is 3.36. The summed E-state index contributed by atoms with van der Waals surface area (Å²) >= 11 is 0. The van der Waals surface area contributed by atoms with Crippen LogP contribution in [0.5, 0.6) is 11.5 Å². The molecule has 1 aliphatic heterocycles. The van der Waals surface area contributed by atoms with Gasteiger partial charge in [-0.25, -0.2) is 0 Å². The van der Waals surface area contributed by atoms with Crippen LogP contribution in [-0.4, -0.2) is 35.4 Å². The van der Waals surface area contributed by atoms with Gasteiger partial charge in [-0.05, 0) is 47.9 Å². The number of amides is 2. The van der Waals surface area contributed by atoms with E-state index in [0.717, 1.165) is 16.7 Å². The molecule has 0 spiro atoms. The quantitative estimate of drug-likeness (QED) is 0.540. The first kappa shape index (κ1) is 22.3. The van der Waals surface area contributed by atoms with Gasteiger partial charge in [0.1, 0.15) is 0 Å². The van der Waals surface area contributed by atoms with Crippen LogP contribution in [0.25, 0.3) is 0 Å². The number of carbonyl (C=O) groups excluding carboxylic acids is 2. The smallest absolute Gasteiger partial charge is 0.255 e. The number of ether oxygens (including phenoxy) is 2. The first-order chi connectivity index (χ1) is 16.1. The Kier molecular flexibility index (Phi) is 6.88. The van der Waals surface area contributed by atoms with E-state index in [-0.39, 0.29) is 18.2 Å². The zero-order valence-electron chi connectivity index (χ0n) is 18.8. The van der Waals surface area contributed by atoms with Crippen molar-refractivity contribution in [3.63, 3.8) is 0 Å². The number of nitrogens with zero attached hydrogens (tertiary/aromatic N) is 2. The summed E-state index contributed by atoms with van der Waals surface area (Å²) < 4.78 is 11.2. The highest BCUT2D eigenvalue weighted by atomic mass is 16.5. The van der Waals surface area contributed by atoms with Gasteiger partial charge in [0.2, 0.25) is 5.91 Å². The lowest BCUT2D eigenvalue weighted by Gasteiger charge is -2.28. The molecule has 170 valence electrons. The highest BCUT2D eigenvalue weighted by Gasteiger charge is 2.34. The molecule has 0 bridgehead atoms. The average Bonchev–Trinajstić information content (AvgIpc) is 3.18. The lowest BCUT2D eigenvalue weighted by atomic mass is 10.0. The summed E-state index contributed by atoms with van der Waals surface area (Å²) in [5, 5.41) is 2.95. The third-order valence-electron chi connectivity index (χ3n) is 5.69. The number of nitrogens with one attached hydrogen (secondary N) is 1. The molecule has 0 saturated heterocycles. The second-order valence-electron chi connectivity index (χ2n) is 7.79. The van der Waals surface area contributed by atoms with E-state index >= 15 is 0 Å². The topological polar surface area (TPSA) is 80.8 Å². The van der Waals surface area contributed by atoms with Crippen LogP contribution in [0.15, 0.2) is 67.0 Å². The predicted octanol–water partition coefficient (Wildman–Crippen LogP) is 3.89. The fourth-order valence-corrected chi connectivity index (χ4v) is 4.05. The highest BCUT2D eigenvalue weighted by Crippen LogP contribution is 2.37. The Labute approximate surface area is 193 Å². The Morgan fingerprint density at radius 1 is 1.15 bits per heavy atom. The number of fused-ring (bicyclic) bond motifs is 1. The minimum atomic E-state index is -0.455. The first-order valence-electron chi connectivity index (χ1n) is 11.0.